The summed E-state index contributed by atoms with van der Waals surface area (Å²) in [6.07, 6.45) is 4.81. The van der Waals surface area contributed by atoms with Crippen LogP contribution in [0.3, 0.4) is 0 Å². The second-order valence-electron chi connectivity index (χ2n) is 8.01. The van der Waals surface area contributed by atoms with Gasteiger partial charge >= 0.3 is 0 Å². The standard InChI is InChI=1S/C26H27N3O/c1-3-7-24-28-26(30)25(20-14-15-20)23(4-2)29(24)17-18-10-12-19(13-11-18)22-9-6-5-8-21(22)16-27/h5-6,8-13,20H,3-4,7,14-15,17H2,1-2H3. The summed E-state index contributed by atoms with van der Waals surface area (Å²) in [5, 5.41) is 9.38. The number of aromatic nitrogens is 2. The van der Waals surface area contributed by atoms with Crippen LogP contribution in [0.15, 0.2) is 53.3 Å². The van der Waals surface area contributed by atoms with E-state index in [4.69, 9.17) is 0 Å². The fourth-order valence-electron chi connectivity index (χ4n) is 4.23. The molecule has 2 aromatic carbocycles. The van der Waals surface area contributed by atoms with E-state index in [2.05, 4.69) is 53.7 Å². The monoisotopic (exact) mass is 397 g/mol. The number of aryl methyl sites for hydroxylation is 1. The van der Waals surface area contributed by atoms with Crippen LogP contribution in [0.4, 0.5) is 0 Å². The zero-order valence-corrected chi connectivity index (χ0v) is 17.7. The number of nitriles is 1. The molecule has 1 saturated carbocycles. The van der Waals surface area contributed by atoms with E-state index in [0.717, 1.165) is 60.3 Å². The molecular weight excluding hydrogens is 370 g/mol. The molecule has 30 heavy (non-hydrogen) atoms. The van der Waals surface area contributed by atoms with Gasteiger partial charge in [-0.2, -0.15) is 10.2 Å². The van der Waals surface area contributed by atoms with Crippen LogP contribution in [0.2, 0.25) is 0 Å². The average molecular weight is 398 g/mol. The number of hydrogen-bond donors (Lipinski definition) is 0. The van der Waals surface area contributed by atoms with Crippen LogP contribution < -0.4 is 5.56 Å². The molecule has 0 radical (unpaired) electrons. The Morgan fingerprint density at radius 1 is 1.10 bits per heavy atom. The molecule has 4 nitrogen and oxygen atoms in total. The van der Waals surface area contributed by atoms with E-state index in [1.807, 2.05) is 24.3 Å². The highest BCUT2D eigenvalue weighted by Gasteiger charge is 2.30. The van der Waals surface area contributed by atoms with Crippen molar-refractivity contribution in [2.75, 3.05) is 0 Å². The van der Waals surface area contributed by atoms with E-state index >= 15 is 0 Å². The zero-order valence-electron chi connectivity index (χ0n) is 17.7. The van der Waals surface area contributed by atoms with Crippen LogP contribution in [0, 0.1) is 11.3 Å². The molecule has 0 saturated heterocycles. The molecule has 0 unspecified atom stereocenters. The molecule has 152 valence electrons. The second kappa shape index (κ2) is 8.67. The van der Waals surface area contributed by atoms with Gasteiger partial charge in [0.05, 0.1) is 11.6 Å². The molecule has 0 bridgehead atoms. The molecule has 0 amide bonds. The largest absolute Gasteiger partial charge is 0.329 e. The molecular formula is C26H27N3O. The molecule has 1 fully saturated rings. The highest BCUT2D eigenvalue weighted by atomic mass is 16.1. The molecule has 0 aliphatic heterocycles. The lowest BCUT2D eigenvalue weighted by molar-refractivity contribution is 0.624. The van der Waals surface area contributed by atoms with Crippen molar-refractivity contribution in [1.82, 2.24) is 9.55 Å². The molecule has 3 aromatic rings. The van der Waals surface area contributed by atoms with Crippen molar-refractivity contribution >= 4 is 0 Å². The maximum absolute atomic E-state index is 12.7. The maximum Gasteiger partial charge on any atom is 0.276 e. The SMILES string of the molecule is CCCc1nc(=O)c(C2CC2)c(CC)n1Cc1ccc(-c2ccccc2C#N)cc1. The Kier molecular flexibility index (Phi) is 5.81. The van der Waals surface area contributed by atoms with Gasteiger partial charge in [0.2, 0.25) is 0 Å². The first kappa shape index (κ1) is 20.1. The Balaban J connectivity index is 1.71. The lowest BCUT2D eigenvalue weighted by Crippen LogP contribution is -2.26. The first-order valence-electron chi connectivity index (χ1n) is 10.9. The third kappa shape index (κ3) is 3.93. The normalized spacial score (nSPS) is 13.2. The molecule has 1 heterocycles. The van der Waals surface area contributed by atoms with Crippen LogP contribution in [0.5, 0.6) is 0 Å². The molecule has 0 atom stereocenters. The molecule has 4 heteroatoms. The van der Waals surface area contributed by atoms with Gasteiger partial charge in [-0.15, -0.1) is 0 Å². The lowest BCUT2D eigenvalue weighted by Gasteiger charge is -2.20. The van der Waals surface area contributed by atoms with E-state index in [-0.39, 0.29) is 5.56 Å². The maximum atomic E-state index is 12.7. The lowest BCUT2D eigenvalue weighted by atomic mass is 9.99. The molecule has 1 aliphatic carbocycles. The van der Waals surface area contributed by atoms with Gasteiger partial charge in [0.25, 0.3) is 5.56 Å². The van der Waals surface area contributed by atoms with Crippen molar-refractivity contribution in [3.05, 3.63) is 87.1 Å². The summed E-state index contributed by atoms with van der Waals surface area (Å²) >= 11 is 0. The predicted octanol–water partition coefficient (Wildman–Crippen LogP) is 5.22. The minimum Gasteiger partial charge on any atom is -0.329 e. The van der Waals surface area contributed by atoms with Gasteiger partial charge in [-0.3, -0.25) is 4.79 Å². The molecule has 0 N–H and O–H groups in total. The van der Waals surface area contributed by atoms with Gasteiger partial charge in [0, 0.05) is 24.2 Å². The number of nitrogens with zero attached hydrogens (tertiary/aromatic N) is 3. The summed E-state index contributed by atoms with van der Waals surface area (Å²) < 4.78 is 2.27. The summed E-state index contributed by atoms with van der Waals surface area (Å²) in [5.74, 6) is 1.29. The van der Waals surface area contributed by atoms with Crippen molar-refractivity contribution in [3.8, 4) is 17.2 Å². The van der Waals surface area contributed by atoms with Crippen molar-refractivity contribution in [2.45, 2.75) is 58.4 Å². The second-order valence-corrected chi connectivity index (χ2v) is 8.01. The Morgan fingerprint density at radius 3 is 2.47 bits per heavy atom. The van der Waals surface area contributed by atoms with E-state index < -0.39 is 0 Å². The van der Waals surface area contributed by atoms with E-state index in [1.54, 1.807) is 0 Å². The van der Waals surface area contributed by atoms with Crippen LogP contribution in [0.1, 0.15) is 67.2 Å². The molecule has 1 aliphatic rings. The molecule has 4 rings (SSSR count). The van der Waals surface area contributed by atoms with Crippen LogP contribution in [0.25, 0.3) is 11.1 Å². The Labute approximate surface area is 177 Å². The number of rotatable bonds is 7. The van der Waals surface area contributed by atoms with Gasteiger partial charge in [-0.05, 0) is 54.4 Å². The van der Waals surface area contributed by atoms with Crippen molar-refractivity contribution in [3.63, 3.8) is 0 Å². The summed E-state index contributed by atoms with van der Waals surface area (Å²) in [4.78, 5) is 17.2. The molecule has 0 spiro atoms. The van der Waals surface area contributed by atoms with E-state index in [1.165, 1.54) is 5.56 Å². The highest BCUT2D eigenvalue weighted by molar-refractivity contribution is 5.70. The zero-order chi connectivity index (χ0) is 21.1. The third-order valence-corrected chi connectivity index (χ3v) is 5.86. The minimum absolute atomic E-state index is 0.0162. The van der Waals surface area contributed by atoms with Crippen LogP contribution >= 0.6 is 0 Å². The first-order valence-corrected chi connectivity index (χ1v) is 10.9. The molecule has 1 aromatic heterocycles. The van der Waals surface area contributed by atoms with Gasteiger partial charge in [-0.25, -0.2) is 0 Å². The third-order valence-electron chi connectivity index (χ3n) is 5.86. The van der Waals surface area contributed by atoms with Crippen molar-refractivity contribution < 1.29 is 0 Å². The summed E-state index contributed by atoms with van der Waals surface area (Å²) in [6, 6.07) is 18.3. The summed E-state index contributed by atoms with van der Waals surface area (Å²) in [6.45, 7) is 4.97. The Hall–Kier alpha value is -3.19. The first-order chi connectivity index (χ1) is 14.7. The average Bonchev–Trinajstić information content (AvgIpc) is 3.61. The van der Waals surface area contributed by atoms with Gasteiger partial charge in [0.15, 0.2) is 0 Å². The summed E-state index contributed by atoms with van der Waals surface area (Å²) in [5.41, 5.74) is 5.93. The highest BCUT2D eigenvalue weighted by Crippen LogP contribution is 2.40. The quantitative estimate of drug-likeness (QED) is 0.549. The van der Waals surface area contributed by atoms with Gasteiger partial charge < -0.3 is 4.57 Å². The van der Waals surface area contributed by atoms with Gasteiger partial charge in [0.1, 0.15) is 5.82 Å². The number of benzene rings is 2. The van der Waals surface area contributed by atoms with Crippen LogP contribution in [-0.2, 0) is 19.4 Å². The fraction of sp³-hybridized carbons (Fsp3) is 0.346. The fourth-order valence-corrected chi connectivity index (χ4v) is 4.23. The Morgan fingerprint density at radius 2 is 1.83 bits per heavy atom. The van der Waals surface area contributed by atoms with E-state index in [0.29, 0.717) is 18.0 Å². The van der Waals surface area contributed by atoms with E-state index in [9.17, 15) is 10.1 Å². The van der Waals surface area contributed by atoms with Gasteiger partial charge in [-0.1, -0.05) is 56.3 Å². The topological polar surface area (TPSA) is 58.7 Å². The summed E-state index contributed by atoms with van der Waals surface area (Å²) in [7, 11) is 0. The van der Waals surface area contributed by atoms with Crippen LogP contribution in [-0.4, -0.2) is 9.55 Å². The van der Waals surface area contributed by atoms with Crippen molar-refractivity contribution in [2.24, 2.45) is 0 Å². The minimum atomic E-state index is -0.0162. The van der Waals surface area contributed by atoms with Crippen molar-refractivity contribution in [1.29, 1.82) is 5.26 Å². The Bertz CT molecular complexity index is 1150. The number of hydrogen-bond acceptors (Lipinski definition) is 3. The predicted molar refractivity (Wildman–Crippen MR) is 120 cm³/mol. The smallest absolute Gasteiger partial charge is 0.276 e.